The number of nitrogens with one attached hydrogen (secondary N) is 1. The number of rotatable bonds is 4. The number of carbonyl (C=O) groups is 2. The van der Waals surface area contributed by atoms with Crippen molar-refractivity contribution in [2.24, 2.45) is 0 Å². The Labute approximate surface area is 176 Å². The molecule has 0 aliphatic heterocycles. The Balaban J connectivity index is 1.74. The highest BCUT2D eigenvalue weighted by Gasteiger charge is 2.29. The zero-order chi connectivity index (χ0) is 20.5. The van der Waals surface area contributed by atoms with E-state index in [4.69, 9.17) is 20.9 Å². The second kappa shape index (κ2) is 8.00. The van der Waals surface area contributed by atoms with E-state index in [-0.39, 0.29) is 0 Å². The van der Waals surface area contributed by atoms with Gasteiger partial charge in [0, 0.05) is 10.4 Å². The SMILES string of the molecule is COC(=O)c1c(NC(=O)c2c(-c3ccccc3Cl)noc2C)sc2c1CCCC2. The molecule has 1 aromatic carbocycles. The summed E-state index contributed by atoms with van der Waals surface area (Å²) in [6.45, 7) is 1.67. The zero-order valence-electron chi connectivity index (χ0n) is 16.0. The first kappa shape index (κ1) is 19.7. The van der Waals surface area contributed by atoms with Gasteiger partial charge in [0.2, 0.25) is 0 Å². The second-order valence-corrected chi connectivity index (χ2v) is 8.32. The van der Waals surface area contributed by atoms with Crippen LogP contribution < -0.4 is 5.32 Å². The van der Waals surface area contributed by atoms with Crippen molar-refractivity contribution in [3.05, 3.63) is 56.6 Å². The van der Waals surface area contributed by atoms with Gasteiger partial charge in [0.1, 0.15) is 22.0 Å². The summed E-state index contributed by atoms with van der Waals surface area (Å²) in [7, 11) is 1.35. The van der Waals surface area contributed by atoms with Crippen LogP contribution in [0.5, 0.6) is 0 Å². The number of fused-ring (bicyclic) bond motifs is 1. The molecule has 0 bridgehead atoms. The number of hydrogen-bond acceptors (Lipinski definition) is 6. The summed E-state index contributed by atoms with van der Waals surface area (Å²) in [5.41, 5.74) is 2.70. The average molecular weight is 431 g/mol. The fourth-order valence-corrected chi connectivity index (χ4v) is 5.11. The largest absolute Gasteiger partial charge is 0.465 e. The minimum absolute atomic E-state index is 0.292. The van der Waals surface area contributed by atoms with Gasteiger partial charge in [-0.1, -0.05) is 35.0 Å². The van der Waals surface area contributed by atoms with Gasteiger partial charge in [0.25, 0.3) is 5.91 Å². The molecule has 2 aromatic heterocycles. The molecule has 0 saturated heterocycles. The van der Waals surface area contributed by atoms with Gasteiger partial charge in [-0.2, -0.15) is 0 Å². The van der Waals surface area contributed by atoms with Crippen LogP contribution in [-0.2, 0) is 17.6 Å². The predicted octanol–water partition coefficient (Wildman–Crippen LogP) is 5.28. The number of esters is 1. The third kappa shape index (κ3) is 3.56. The molecule has 150 valence electrons. The lowest BCUT2D eigenvalue weighted by atomic mass is 9.95. The van der Waals surface area contributed by atoms with Crippen LogP contribution in [0, 0.1) is 6.92 Å². The Hall–Kier alpha value is -2.64. The maximum Gasteiger partial charge on any atom is 0.341 e. The van der Waals surface area contributed by atoms with Gasteiger partial charge >= 0.3 is 5.97 Å². The fraction of sp³-hybridized carbons (Fsp3) is 0.286. The third-order valence-corrected chi connectivity index (χ3v) is 6.54. The van der Waals surface area contributed by atoms with E-state index in [1.165, 1.54) is 18.4 Å². The van der Waals surface area contributed by atoms with E-state index in [1.807, 2.05) is 6.07 Å². The molecule has 1 aliphatic carbocycles. The summed E-state index contributed by atoms with van der Waals surface area (Å²) in [6.07, 6.45) is 3.80. The lowest BCUT2D eigenvalue weighted by Crippen LogP contribution is -2.16. The summed E-state index contributed by atoms with van der Waals surface area (Å²) in [6, 6.07) is 7.12. The Bertz CT molecular complexity index is 1100. The minimum atomic E-state index is -0.437. The third-order valence-electron chi connectivity index (χ3n) is 5.01. The highest BCUT2D eigenvalue weighted by molar-refractivity contribution is 7.17. The van der Waals surface area contributed by atoms with E-state index in [9.17, 15) is 9.59 Å². The van der Waals surface area contributed by atoms with Crippen molar-refractivity contribution in [2.75, 3.05) is 12.4 Å². The van der Waals surface area contributed by atoms with Crippen LogP contribution in [0.3, 0.4) is 0 Å². The van der Waals surface area contributed by atoms with Gasteiger partial charge in [-0.3, -0.25) is 4.79 Å². The number of hydrogen-bond donors (Lipinski definition) is 1. The van der Waals surface area contributed by atoms with Gasteiger partial charge in [-0.15, -0.1) is 11.3 Å². The monoisotopic (exact) mass is 430 g/mol. The normalized spacial score (nSPS) is 13.1. The molecule has 2 heterocycles. The predicted molar refractivity (Wildman–Crippen MR) is 112 cm³/mol. The molecule has 4 rings (SSSR count). The number of anilines is 1. The molecule has 29 heavy (non-hydrogen) atoms. The highest BCUT2D eigenvalue weighted by atomic mass is 35.5. The number of benzene rings is 1. The number of aryl methyl sites for hydroxylation is 2. The number of amides is 1. The molecule has 0 spiro atoms. The van der Waals surface area contributed by atoms with Crippen molar-refractivity contribution in [3.8, 4) is 11.3 Å². The molecule has 1 aliphatic rings. The fourth-order valence-electron chi connectivity index (χ4n) is 3.61. The Morgan fingerprint density at radius 1 is 1.21 bits per heavy atom. The van der Waals surface area contributed by atoms with Crippen LogP contribution in [0.15, 0.2) is 28.8 Å². The summed E-state index contributed by atoms with van der Waals surface area (Å²) >= 11 is 7.72. The summed E-state index contributed by atoms with van der Waals surface area (Å²) in [4.78, 5) is 26.7. The molecule has 0 saturated carbocycles. The zero-order valence-corrected chi connectivity index (χ0v) is 17.6. The van der Waals surface area contributed by atoms with Crippen molar-refractivity contribution in [3.63, 3.8) is 0 Å². The number of nitrogens with zero attached hydrogens (tertiary/aromatic N) is 1. The first-order valence-electron chi connectivity index (χ1n) is 9.26. The average Bonchev–Trinajstić information content (AvgIpc) is 3.27. The minimum Gasteiger partial charge on any atom is -0.465 e. The van der Waals surface area contributed by atoms with E-state index in [2.05, 4.69) is 10.5 Å². The lowest BCUT2D eigenvalue weighted by Gasteiger charge is -2.11. The number of ether oxygens (including phenoxy) is 1. The molecule has 0 radical (unpaired) electrons. The molecule has 8 heteroatoms. The van der Waals surface area contributed by atoms with Crippen LogP contribution in [0.1, 0.15) is 49.8 Å². The van der Waals surface area contributed by atoms with E-state index >= 15 is 0 Å². The molecule has 0 atom stereocenters. The number of aromatic nitrogens is 1. The van der Waals surface area contributed by atoms with Crippen LogP contribution in [0.2, 0.25) is 5.02 Å². The quantitative estimate of drug-likeness (QED) is 0.569. The molecular formula is C21H19ClN2O4S. The van der Waals surface area contributed by atoms with Gasteiger partial charge in [-0.05, 0) is 44.2 Å². The van der Waals surface area contributed by atoms with Crippen molar-refractivity contribution in [1.82, 2.24) is 5.16 Å². The Morgan fingerprint density at radius 3 is 2.72 bits per heavy atom. The Kier molecular flexibility index (Phi) is 5.43. The van der Waals surface area contributed by atoms with E-state index in [0.717, 1.165) is 36.1 Å². The number of methoxy groups -OCH3 is 1. The molecule has 0 fully saturated rings. The van der Waals surface area contributed by atoms with E-state index in [1.54, 1.807) is 25.1 Å². The molecule has 1 amide bonds. The summed E-state index contributed by atoms with van der Waals surface area (Å²) in [5.74, 6) is -0.464. The molecule has 3 aromatic rings. The first-order chi connectivity index (χ1) is 14.0. The smallest absolute Gasteiger partial charge is 0.341 e. The van der Waals surface area contributed by atoms with Crippen molar-refractivity contribution in [2.45, 2.75) is 32.6 Å². The van der Waals surface area contributed by atoms with Crippen LogP contribution in [0.25, 0.3) is 11.3 Å². The van der Waals surface area contributed by atoms with Crippen LogP contribution in [-0.4, -0.2) is 24.1 Å². The number of halogens is 1. The van der Waals surface area contributed by atoms with Gasteiger partial charge in [0.05, 0.1) is 17.7 Å². The van der Waals surface area contributed by atoms with Crippen molar-refractivity contribution in [1.29, 1.82) is 0 Å². The molecule has 1 N–H and O–H groups in total. The molecular weight excluding hydrogens is 412 g/mol. The van der Waals surface area contributed by atoms with Crippen molar-refractivity contribution >= 4 is 39.8 Å². The summed E-state index contributed by atoms with van der Waals surface area (Å²) < 4.78 is 10.3. The lowest BCUT2D eigenvalue weighted by molar-refractivity contribution is 0.0601. The first-order valence-corrected chi connectivity index (χ1v) is 10.5. The highest BCUT2D eigenvalue weighted by Crippen LogP contribution is 2.39. The standard InChI is InChI=1S/C21H19ClN2O4S/c1-11-16(18(24-28-11)12-7-3-5-9-14(12)22)19(25)23-20-17(21(26)27-2)13-8-4-6-10-15(13)29-20/h3,5,7,9H,4,6,8,10H2,1-2H3,(H,23,25). The molecule has 6 nitrogen and oxygen atoms in total. The second-order valence-electron chi connectivity index (χ2n) is 6.80. The van der Waals surface area contributed by atoms with E-state index < -0.39 is 11.9 Å². The van der Waals surface area contributed by atoms with Crippen molar-refractivity contribution < 1.29 is 18.8 Å². The van der Waals surface area contributed by atoms with Gasteiger partial charge in [0.15, 0.2) is 0 Å². The number of thiophene rings is 1. The van der Waals surface area contributed by atoms with Crippen LogP contribution >= 0.6 is 22.9 Å². The Morgan fingerprint density at radius 2 is 1.97 bits per heavy atom. The number of carbonyl (C=O) groups excluding carboxylic acids is 2. The maximum absolute atomic E-state index is 13.2. The molecule has 0 unspecified atom stereocenters. The summed E-state index contributed by atoms with van der Waals surface area (Å²) in [5, 5.41) is 7.90. The van der Waals surface area contributed by atoms with Crippen LogP contribution in [0.4, 0.5) is 5.00 Å². The maximum atomic E-state index is 13.2. The van der Waals surface area contributed by atoms with E-state index in [0.29, 0.717) is 38.2 Å². The topological polar surface area (TPSA) is 81.4 Å². The van der Waals surface area contributed by atoms with Gasteiger partial charge < -0.3 is 14.6 Å². The van der Waals surface area contributed by atoms with Gasteiger partial charge in [-0.25, -0.2) is 4.79 Å².